The molecule has 1 atom stereocenters. The lowest BCUT2D eigenvalue weighted by atomic mass is 9.96. The van der Waals surface area contributed by atoms with Gasteiger partial charge in [-0.1, -0.05) is 110 Å². The minimum Gasteiger partial charge on any atom is -0.507 e. The molecule has 48 heavy (non-hydrogen) atoms. The Morgan fingerprint density at radius 2 is 1.00 bits per heavy atom. The van der Waals surface area contributed by atoms with Crippen LogP contribution < -0.4 is 21.7 Å². The summed E-state index contributed by atoms with van der Waals surface area (Å²) in [6, 6.07) is 9.79. The van der Waals surface area contributed by atoms with Gasteiger partial charge in [0.25, 0.3) is 11.8 Å². The van der Waals surface area contributed by atoms with Gasteiger partial charge in [0.15, 0.2) is 0 Å². The number of nitrogens with one attached hydrogen (secondary N) is 4. The van der Waals surface area contributed by atoms with E-state index in [1.165, 1.54) is 12.1 Å². The van der Waals surface area contributed by atoms with E-state index in [0.29, 0.717) is 6.42 Å². The molecule has 0 fully saturated rings. The lowest BCUT2D eigenvalue weighted by Crippen LogP contribution is -2.47. The van der Waals surface area contributed by atoms with E-state index in [4.69, 9.17) is 0 Å². The monoisotopic (exact) mass is 666 g/mol. The number of hydrogen-bond acceptors (Lipinski definition) is 6. The van der Waals surface area contributed by atoms with E-state index in [1.54, 1.807) is 24.3 Å². The number of hydrazine groups is 2. The largest absolute Gasteiger partial charge is 0.507 e. The summed E-state index contributed by atoms with van der Waals surface area (Å²) in [6.07, 6.45) is 16.4. The van der Waals surface area contributed by atoms with Crippen LogP contribution in [-0.4, -0.2) is 33.8 Å². The second-order valence-electron chi connectivity index (χ2n) is 12.7. The van der Waals surface area contributed by atoms with E-state index in [1.807, 2.05) is 0 Å². The minimum atomic E-state index is -0.772. The maximum absolute atomic E-state index is 13.2. The Morgan fingerprint density at radius 1 is 0.562 bits per heavy atom. The number of carbonyl (C=O) groups is 4. The maximum Gasteiger partial charge on any atom is 0.273 e. The van der Waals surface area contributed by atoms with Gasteiger partial charge < -0.3 is 10.2 Å². The topological polar surface area (TPSA) is 157 Å². The first-order chi connectivity index (χ1) is 23.2. The predicted octanol–water partition coefficient (Wildman–Crippen LogP) is 7.32. The molecule has 2 aromatic rings. The molecule has 266 valence electrons. The van der Waals surface area contributed by atoms with E-state index >= 15 is 0 Å². The molecule has 4 amide bonds. The summed E-state index contributed by atoms with van der Waals surface area (Å²) < 4.78 is 0. The van der Waals surface area contributed by atoms with E-state index < -0.39 is 29.5 Å². The van der Waals surface area contributed by atoms with Crippen LogP contribution in [0.15, 0.2) is 36.4 Å². The van der Waals surface area contributed by atoms with Crippen LogP contribution in [0.25, 0.3) is 0 Å². The van der Waals surface area contributed by atoms with Crippen LogP contribution in [-0.2, 0) is 22.4 Å². The van der Waals surface area contributed by atoms with E-state index in [2.05, 4.69) is 42.5 Å². The average Bonchev–Trinajstić information content (AvgIpc) is 3.08. The maximum atomic E-state index is 13.2. The predicted molar refractivity (Wildman–Crippen MR) is 189 cm³/mol. The van der Waals surface area contributed by atoms with Crippen molar-refractivity contribution in [3.05, 3.63) is 58.7 Å². The number of carbonyl (C=O) groups excluding carboxylic acids is 4. The molecule has 0 aromatic heterocycles. The third-order valence-electron chi connectivity index (χ3n) is 8.57. The molecule has 1 unspecified atom stereocenters. The number of amides is 4. The lowest BCUT2D eigenvalue weighted by molar-refractivity contribution is -0.131. The number of unbranched alkanes of at least 4 members (excludes halogenated alkanes) is 11. The molecule has 0 aliphatic carbocycles. The van der Waals surface area contributed by atoms with E-state index in [0.717, 1.165) is 114 Å². The second-order valence-corrected chi connectivity index (χ2v) is 12.7. The second kappa shape index (κ2) is 23.3. The third kappa shape index (κ3) is 15.2. The Labute approximate surface area is 286 Å². The van der Waals surface area contributed by atoms with Gasteiger partial charge in [-0.2, -0.15) is 0 Å². The highest BCUT2D eigenvalue weighted by atomic mass is 16.3. The molecule has 10 heteroatoms. The standard InChI is InChI=1S/C38H58N4O6/c1-4-7-10-13-14-17-20-30(36(46)40-42-38(48)32-26-29(22-24-34(32)44)19-16-12-9-6-3)27-35(45)39-41-37(47)31-25-28(21-23-33(31)43)18-15-11-8-5-2/h21-26,30,43-44H,4-20,27H2,1-3H3,(H,39,45)(H,40,46)(H,41,47)(H,42,48). The summed E-state index contributed by atoms with van der Waals surface area (Å²) in [5.41, 5.74) is 11.5. The Bertz CT molecular complexity index is 1300. The van der Waals surface area contributed by atoms with Gasteiger partial charge >= 0.3 is 0 Å². The first-order valence-corrected chi connectivity index (χ1v) is 18.0. The van der Waals surface area contributed by atoms with Crippen molar-refractivity contribution in [2.75, 3.05) is 0 Å². The highest BCUT2D eigenvalue weighted by molar-refractivity contribution is 5.99. The molecular formula is C38H58N4O6. The number of aryl methyl sites for hydroxylation is 2. The van der Waals surface area contributed by atoms with Gasteiger partial charge in [0.2, 0.25) is 11.8 Å². The Balaban J connectivity index is 1.99. The molecule has 0 spiro atoms. The summed E-state index contributed by atoms with van der Waals surface area (Å²) in [4.78, 5) is 51.9. The molecule has 0 saturated heterocycles. The third-order valence-corrected chi connectivity index (χ3v) is 8.57. The highest BCUT2D eigenvalue weighted by Gasteiger charge is 2.24. The Hall–Kier alpha value is -4.08. The molecule has 0 heterocycles. The number of hydrogen-bond donors (Lipinski definition) is 6. The minimum absolute atomic E-state index is 0.0562. The van der Waals surface area contributed by atoms with Gasteiger partial charge in [-0.25, -0.2) is 0 Å². The fourth-order valence-electron chi connectivity index (χ4n) is 5.61. The summed E-state index contributed by atoms with van der Waals surface area (Å²) in [5, 5.41) is 20.6. The van der Waals surface area contributed by atoms with Crippen LogP contribution in [0.5, 0.6) is 11.5 Å². The zero-order valence-electron chi connectivity index (χ0n) is 29.3. The first kappa shape index (κ1) is 40.1. The molecule has 0 bridgehead atoms. The van der Waals surface area contributed by atoms with Crippen molar-refractivity contribution in [1.82, 2.24) is 21.7 Å². The zero-order chi connectivity index (χ0) is 35.1. The van der Waals surface area contributed by atoms with Crippen molar-refractivity contribution < 1.29 is 29.4 Å². The number of phenols is 2. The normalized spacial score (nSPS) is 11.5. The average molecular weight is 667 g/mol. The van der Waals surface area contributed by atoms with Gasteiger partial charge in [0.05, 0.1) is 11.1 Å². The van der Waals surface area contributed by atoms with Crippen LogP contribution in [0.3, 0.4) is 0 Å². The highest BCUT2D eigenvalue weighted by Crippen LogP contribution is 2.22. The molecule has 6 N–H and O–H groups in total. The van der Waals surface area contributed by atoms with Crippen molar-refractivity contribution >= 4 is 23.6 Å². The fourth-order valence-corrected chi connectivity index (χ4v) is 5.61. The van der Waals surface area contributed by atoms with Crippen LogP contribution >= 0.6 is 0 Å². The SMILES string of the molecule is CCCCCCCCC(CC(=O)NNC(=O)c1cc(CCCCCC)ccc1O)C(=O)NNC(=O)c1cc(CCCCCC)ccc1O. The number of benzene rings is 2. The quantitative estimate of drug-likeness (QED) is 0.0571. The zero-order valence-corrected chi connectivity index (χ0v) is 29.3. The van der Waals surface area contributed by atoms with Crippen LogP contribution in [0.2, 0.25) is 0 Å². The number of rotatable bonds is 22. The van der Waals surface area contributed by atoms with Gasteiger partial charge in [0, 0.05) is 12.3 Å². The van der Waals surface area contributed by atoms with E-state index in [9.17, 15) is 29.4 Å². The molecule has 0 saturated carbocycles. The van der Waals surface area contributed by atoms with Gasteiger partial charge in [-0.3, -0.25) is 40.9 Å². The van der Waals surface area contributed by atoms with Gasteiger partial charge in [0.1, 0.15) is 11.5 Å². The molecule has 2 aromatic carbocycles. The molecular weight excluding hydrogens is 608 g/mol. The molecule has 0 radical (unpaired) electrons. The van der Waals surface area contributed by atoms with Crippen LogP contribution in [0.1, 0.15) is 155 Å². The molecule has 0 aliphatic heterocycles. The Kier molecular flexibility index (Phi) is 19.4. The van der Waals surface area contributed by atoms with Crippen LogP contribution in [0, 0.1) is 5.92 Å². The van der Waals surface area contributed by atoms with Crippen molar-refractivity contribution in [2.24, 2.45) is 5.92 Å². The fraction of sp³-hybridized carbons (Fsp3) is 0.579. The lowest BCUT2D eigenvalue weighted by Gasteiger charge is -2.18. The van der Waals surface area contributed by atoms with Crippen molar-refractivity contribution in [3.8, 4) is 11.5 Å². The van der Waals surface area contributed by atoms with E-state index in [-0.39, 0.29) is 29.0 Å². The summed E-state index contributed by atoms with van der Waals surface area (Å²) in [6.45, 7) is 6.42. The summed E-state index contributed by atoms with van der Waals surface area (Å²) in [5.74, 6) is -3.58. The smallest absolute Gasteiger partial charge is 0.273 e. The van der Waals surface area contributed by atoms with Gasteiger partial charge in [-0.05, 0) is 67.5 Å². The van der Waals surface area contributed by atoms with Crippen molar-refractivity contribution in [1.29, 1.82) is 0 Å². The number of phenolic OH excluding ortho intramolecular Hbond substituents is 2. The Morgan fingerprint density at radius 3 is 1.50 bits per heavy atom. The van der Waals surface area contributed by atoms with Crippen LogP contribution in [0.4, 0.5) is 0 Å². The van der Waals surface area contributed by atoms with Gasteiger partial charge in [-0.15, -0.1) is 0 Å². The molecule has 0 aliphatic rings. The summed E-state index contributed by atoms with van der Waals surface area (Å²) >= 11 is 0. The first-order valence-electron chi connectivity index (χ1n) is 18.0. The summed E-state index contributed by atoms with van der Waals surface area (Å²) in [7, 11) is 0. The number of aromatic hydroxyl groups is 2. The molecule has 10 nitrogen and oxygen atoms in total. The van der Waals surface area contributed by atoms with Crippen molar-refractivity contribution in [3.63, 3.8) is 0 Å². The van der Waals surface area contributed by atoms with Crippen molar-refractivity contribution in [2.45, 2.75) is 136 Å². The molecule has 2 rings (SSSR count).